The van der Waals surface area contributed by atoms with Gasteiger partial charge in [-0.3, -0.25) is 9.59 Å². The Hall–Kier alpha value is -2.16. The van der Waals surface area contributed by atoms with E-state index in [1.807, 2.05) is 12.1 Å². The van der Waals surface area contributed by atoms with Gasteiger partial charge in [0, 0.05) is 17.9 Å². The maximum atomic E-state index is 10.9. The van der Waals surface area contributed by atoms with Crippen molar-refractivity contribution >= 4 is 23.0 Å². The van der Waals surface area contributed by atoms with E-state index in [1.54, 1.807) is 24.3 Å². The van der Waals surface area contributed by atoms with Gasteiger partial charge in [0.25, 0.3) is 0 Å². The van der Waals surface area contributed by atoms with E-state index < -0.39 is 5.97 Å². The Bertz CT molecular complexity index is 553. The lowest BCUT2D eigenvalue weighted by Crippen LogP contribution is -2.02. The third kappa shape index (κ3) is 1.80. The summed E-state index contributed by atoms with van der Waals surface area (Å²) >= 11 is 0. The Morgan fingerprint density at radius 1 is 1.19 bits per heavy atom. The van der Waals surface area contributed by atoms with Gasteiger partial charge in [-0.1, -0.05) is 30.3 Å². The van der Waals surface area contributed by atoms with Crippen LogP contribution < -0.4 is 4.74 Å². The van der Waals surface area contributed by atoms with Gasteiger partial charge in [0.05, 0.1) is 0 Å². The van der Waals surface area contributed by atoms with Gasteiger partial charge in [0.2, 0.25) is 0 Å². The van der Waals surface area contributed by atoms with Crippen LogP contribution in [-0.4, -0.2) is 12.3 Å². The fraction of sp³-hybridized carbons (Fsp3) is 0.0769. The first-order valence-electron chi connectivity index (χ1n) is 4.87. The summed E-state index contributed by atoms with van der Waals surface area (Å²) < 4.78 is 5.07. The smallest absolute Gasteiger partial charge is 0.308 e. The first-order chi connectivity index (χ1) is 7.72. The summed E-state index contributed by atoms with van der Waals surface area (Å²) in [5, 5.41) is 1.55. The summed E-state index contributed by atoms with van der Waals surface area (Å²) in [4.78, 5) is 21.9. The molecule has 0 heterocycles. The Kier molecular flexibility index (Phi) is 2.68. The van der Waals surface area contributed by atoms with E-state index in [2.05, 4.69) is 0 Å². The summed E-state index contributed by atoms with van der Waals surface area (Å²) in [5.41, 5.74) is 0.523. The Morgan fingerprint density at radius 2 is 1.88 bits per heavy atom. The third-order valence-corrected chi connectivity index (χ3v) is 2.28. The lowest BCUT2D eigenvalue weighted by Gasteiger charge is -2.07. The van der Waals surface area contributed by atoms with Crippen molar-refractivity contribution in [3.63, 3.8) is 0 Å². The van der Waals surface area contributed by atoms with E-state index in [9.17, 15) is 9.59 Å². The molecular weight excluding hydrogens is 204 g/mol. The molecule has 3 nitrogen and oxygen atoms in total. The SMILES string of the molecule is CC(=O)Oc1cccc2cccc(C=O)c12. The van der Waals surface area contributed by atoms with Crippen molar-refractivity contribution in [3.8, 4) is 5.75 Å². The normalized spacial score (nSPS) is 10.1. The van der Waals surface area contributed by atoms with Gasteiger partial charge in [-0.15, -0.1) is 0 Å². The molecule has 0 unspecified atom stereocenters. The van der Waals surface area contributed by atoms with Gasteiger partial charge in [0.1, 0.15) is 5.75 Å². The minimum absolute atomic E-state index is 0.395. The monoisotopic (exact) mass is 214 g/mol. The topological polar surface area (TPSA) is 43.4 Å². The van der Waals surface area contributed by atoms with Gasteiger partial charge >= 0.3 is 5.97 Å². The molecule has 0 saturated carbocycles. The molecule has 0 bridgehead atoms. The van der Waals surface area contributed by atoms with Crippen LogP contribution in [0, 0.1) is 0 Å². The van der Waals surface area contributed by atoms with Crippen molar-refractivity contribution in [2.75, 3.05) is 0 Å². The molecule has 16 heavy (non-hydrogen) atoms. The first-order valence-corrected chi connectivity index (χ1v) is 4.87. The van der Waals surface area contributed by atoms with Crippen molar-refractivity contribution in [1.82, 2.24) is 0 Å². The maximum absolute atomic E-state index is 10.9. The number of hydrogen-bond acceptors (Lipinski definition) is 3. The maximum Gasteiger partial charge on any atom is 0.308 e. The zero-order valence-corrected chi connectivity index (χ0v) is 8.77. The molecule has 0 aliphatic rings. The molecule has 0 saturated heterocycles. The van der Waals surface area contributed by atoms with Crippen LogP contribution in [0.3, 0.4) is 0 Å². The van der Waals surface area contributed by atoms with E-state index in [1.165, 1.54) is 6.92 Å². The van der Waals surface area contributed by atoms with Crippen LogP contribution in [0.25, 0.3) is 10.8 Å². The molecule has 2 aromatic carbocycles. The Labute approximate surface area is 92.6 Å². The van der Waals surface area contributed by atoms with Crippen LogP contribution in [-0.2, 0) is 4.79 Å². The predicted molar refractivity (Wildman–Crippen MR) is 60.6 cm³/mol. The van der Waals surface area contributed by atoms with Crippen molar-refractivity contribution in [1.29, 1.82) is 0 Å². The van der Waals surface area contributed by atoms with E-state index >= 15 is 0 Å². The molecule has 0 aliphatic carbocycles. The van der Waals surface area contributed by atoms with E-state index in [0.29, 0.717) is 16.7 Å². The number of fused-ring (bicyclic) bond motifs is 1. The average Bonchev–Trinajstić information content (AvgIpc) is 2.28. The Balaban J connectivity index is 2.73. The molecule has 80 valence electrons. The molecule has 0 aromatic heterocycles. The summed E-state index contributed by atoms with van der Waals surface area (Å²) in [6.07, 6.45) is 0.759. The highest BCUT2D eigenvalue weighted by atomic mass is 16.5. The summed E-state index contributed by atoms with van der Waals surface area (Å²) in [6, 6.07) is 10.7. The third-order valence-electron chi connectivity index (χ3n) is 2.28. The number of ether oxygens (including phenoxy) is 1. The van der Waals surface area contributed by atoms with E-state index in [4.69, 9.17) is 4.74 Å². The molecule has 0 radical (unpaired) electrons. The predicted octanol–water partition coefficient (Wildman–Crippen LogP) is 2.58. The number of hydrogen-bond donors (Lipinski definition) is 0. The average molecular weight is 214 g/mol. The number of benzene rings is 2. The zero-order chi connectivity index (χ0) is 11.5. The lowest BCUT2D eigenvalue weighted by molar-refractivity contribution is -0.131. The van der Waals surface area contributed by atoms with Crippen LogP contribution in [0.2, 0.25) is 0 Å². The molecule has 3 heteroatoms. The van der Waals surface area contributed by atoms with Crippen molar-refractivity contribution in [3.05, 3.63) is 42.0 Å². The first kappa shape index (κ1) is 10.4. The molecule has 0 atom stereocenters. The second kappa shape index (κ2) is 4.14. The van der Waals surface area contributed by atoms with Crippen molar-refractivity contribution in [2.45, 2.75) is 6.92 Å². The van der Waals surface area contributed by atoms with Gasteiger partial charge in [-0.05, 0) is 11.5 Å². The van der Waals surface area contributed by atoms with Crippen LogP contribution >= 0.6 is 0 Å². The van der Waals surface area contributed by atoms with Gasteiger partial charge in [-0.2, -0.15) is 0 Å². The lowest BCUT2D eigenvalue weighted by atomic mass is 10.0. The molecule has 2 rings (SSSR count). The number of carbonyl (C=O) groups excluding carboxylic acids is 2. The minimum atomic E-state index is -0.395. The largest absolute Gasteiger partial charge is 0.426 e. The summed E-state index contributed by atoms with van der Waals surface area (Å²) in [5.74, 6) is 0.0286. The highest BCUT2D eigenvalue weighted by Crippen LogP contribution is 2.28. The highest BCUT2D eigenvalue weighted by molar-refractivity contribution is 6.02. The quantitative estimate of drug-likeness (QED) is 0.438. The van der Waals surface area contributed by atoms with Crippen molar-refractivity contribution < 1.29 is 14.3 Å². The van der Waals surface area contributed by atoms with Crippen LogP contribution in [0.1, 0.15) is 17.3 Å². The fourth-order valence-electron chi connectivity index (χ4n) is 1.67. The summed E-state index contributed by atoms with van der Waals surface area (Å²) in [6.45, 7) is 1.34. The number of aldehydes is 1. The second-order valence-electron chi connectivity index (χ2n) is 3.41. The number of rotatable bonds is 2. The Morgan fingerprint density at radius 3 is 2.50 bits per heavy atom. The van der Waals surface area contributed by atoms with Gasteiger partial charge in [0.15, 0.2) is 6.29 Å². The fourth-order valence-corrected chi connectivity index (χ4v) is 1.67. The zero-order valence-electron chi connectivity index (χ0n) is 8.77. The van der Waals surface area contributed by atoms with Crippen LogP contribution in [0.5, 0.6) is 5.75 Å². The van der Waals surface area contributed by atoms with Gasteiger partial charge < -0.3 is 4.74 Å². The van der Waals surface area contributed by atoms with Gasteiger partial charge in [-0.25, -0.2) is 0 Å². The highest BCUT2D eigenvalue weighted by Gasteiger charge is 2.08. The molecule has 2 aromatic rings. The number of carbonyl (C=O) groups is 2. The van der Waals surface area contributed by atoms with Crippen LogP contribution in [0.4, 0.5) is 0 Å². The molecule has 0 N–H and O–H groups in total. The van der Waals surface area contributed by atoms with E-state index in [0.717, 1.165) is 11.7 Å². The van der Waals surface area contributed by atoms with Crippen molar-refractivity contribution in [2.24, 2.45) is 0 Å². The van der Waals surface area contributed by atoms with E-state index in [-0.39, 0.29) is 0 Å². The molecule has 0 amide bonds. The minimum Gasteiger partial charge on any atom is -0.426 e. The van der Waals surface area contributed by atoms with Crippen LogP contribution in [0.15, 0.2) is 36.4 Å². The molecular formula is C13H10O3. The second-order valence-corrected chi connectivity index (χ2v) is 3.41. The molecule has 0 spiro atoms. The molecule has 0 aliphatic heterocycles. The number of esters is 1. The molecule has 0 fully saturated rings. The standard InChI is InChI=1S/C13H10O3/c1-9(15)16-12-7-3-5-10-4-2-6-11(8-14)13(10)12/h2-8H,1H3. The summed E-state index contributed by atoms with van der Waals surface area (Å²) in [7, 11) is 0.